The summed E-state index contributed by atoms with van der Waals surface area (Å²) < 4.78 is 32.3. The normalized spacial score (nSPS) is 43.5. The Morgan fingerprint density at radius 3 is 2.32 bits per heavy atom. The van der Waals surface area contributed by atoms with E-state index in [2.05, 4.69) is 70.2 Å². The summed E-state index contributed by atoms with van der Waals surface area (Å²) in [5, 5.41) is 65.2. The van der Waals surface area contributed by atoms with Crippen molar-refractivity contribution < 1.29 is 58.8 Å². The SMILES string of the molecule is CC(=O)N[C@H]1[C@H](O[C@H]2CC[C@]3(C)[C@H]4CC=C5[C@@H]6CC(C)(C)CC[C@]6(C(=O)OCc6cn(-c7ccc(Cl)cc7)nn6)CC[C@@]5(C)[C@]4(C)CC[C@H]3C2(C)C)O[C@H](CO[C@@H]2OC[C@H](O)[C@H](O)[C@@H]2O)[C@@H](O)[C@@H]1O. The third-order valence-electron chi connectivity index (χ3n) is 19.2. The number of nitrogens with one attached hydrogen (secondary N) is 1. The number of hydrogen-bond acceptors (Lipinski definition) is 14. The number of ether oxygens (including phenoxy) is 5. The first-order chi connectivity index (χ1) is 32.4. The molecular formula is C52H75ClN4O12. The number of halogens is 1. The molecule has 16 nitrogen and oxygen atoms in total. The number of aliphatic hydroxyl groups excluding tert-OH is 5. The number of carbonyl (C=O) groups is 2. The highest BCUT2D eigenvalue weighted by molar-refractivity contribution is 6.30. The van der Waals surface area contributed by atoms with Gasteiger partial charge in [0.15, 0.2) is 12.6 Å². The van der Waals surface area contributed by atoms with Crippen LogP contribution in [-0.4, -0.2) is 127 Å². The molecule has 2 saturated heterocycles. The topological polar surface area (TPSA) is 224 Å². The van der Waals surface area contributed by atoms with Crippen LogP contribution in [0.3, 0.4) is 0 Å². The number of benzene rings is 1. The van der Waals surface area contributed by atoms with Crippen LogP contribution in [0.1, 0.15) is 125 Å². The Kier molecular flexibility index (Phi) is 13.6. The smallest absolute Gasteiger partial charge is 0.313 e. The zero-order valence-corrected chi connectivity index (χ0v) is 42.2. The number of hydrogen-bond donors (Lipinski definition) is 6. The summed E-state index contributed by atoms with van der Waals surface area (Å²) in [7, 11) is 0. The van der Waals surface area contributed by atoms with E-state index in [-0.39, 0.29) is 70.8 Å². The van der Waals surface area contributed by atoms with Crippen molar-refractivity contribution in [1.29, 1.82) is 0 Å². The average molecular weight is 984 g/mol. The molecule has 0 spiro atoms. The molecule has 2 aliphatic heterocycles. The number of aliphatic hydroxyl groups is 5. The predicted octanol–water partition coefficient (Wildman–Crippen LogP) is 5.56. The fourth-order valence-electron chi connectivity index (χ4n) is 15.0. The fourth-order valence-corrected chi connectivity index (χ4v) is 15.2. The summed E-state index contributed by atoms with van der Waals surface area (Å²) in [6.45, 7) is 17.5. The Morgan fingerprint density at radius 2 is 1.59 bits per heavy atom. The zero-order valence-electron chi connectivity index (χ0n) is 41.5. The number of aromatic nitrogens is 3. The van der Waals surface area contributed by atoms with Gasteiger partial charge in [-0.2, -0.15) is 0 Å². The molecule has 6 N–H and O–H groups in total. The van der Waals surface area contributed by atoms with E-state index in [1.807, 2.05) is 12.1 Å². The minimum Gasteiger partial charge on any atom is -0.459 e. The molecule has 4 saturated carbocycles. The quantitative estimate of drug-likeness (QED) is 0.0976. The van der Waals surface area contributed by atoms with Gasteiger partial charge in [0.1, 0.15) is 55.0 Å². The number of carbonyl (C=O) groups excluding carboxylic acids is 2. The number of nitrogens with zero attached hydrogens (tertiary/aromatic N) is 3. The maximum absolute atomic E-state index is 14.7. The molecule has 0 unspecified atom stereocenters. The van der Waals surface area contributed by atoms with Gasteiger partial charge in [0, 0.05) is 11.9 Å². The monoisotopic (exact) mass is 983 g/mol. The molecule has 7 aliphatic rings. The minimum atomic E-state index is -1.55. The summed E-state index contributed by atoms with van der Waals surface area (Å²) in [5.41, 5.74) is 1.72. The lowest BCUT2D eigenvalue weighted by Gasteiger charge is -2.71. The van der Waals surface area contributed by atoms with E-state index in [1.165, 1.54) is 12.5 Å². The van der Waals surface area contributed by atoms with Crippen LogP contribution in [0.15, 0.2) is 42.1 Å². The van der Waals surface area contributed by atoms with Gasteiger partial charge in [0.05, 0.1) is 36.6 Å². The summed E-state index contributed by atoms with van der Waals surface area (Å²) in [5.74, 6) is 0.140. The van der Waals surface area contributed by atoms with Crippen LogP contribution in [0.25, 0.3) is 5.69 Å². The minimum absolute atomic E-state index is 0.0376. The lowest BCUT2D eigenvalue weighted by Crippen LogP contribution is -2.67. The van der Waals surface area contributed by atoms with E-state index < -0.39 is 66.6 Å². The molecule has 69 heavy (non-hydrogen) atoms. The van der Waals surface area contributed by atoms with Crippen LogP contribution in [0, 0.1) is 50.2 Å². The number of allylic oxidation sites excluding steroid dienone is 2. The van der Waals surface area contributed by atoms with E-state index >= 15 is 0 Å². The Balaban J connectivity index is 0.925. The molecule has 17 atom stereocenters. The third kappa shape index (κ3) is 8.71. The predicted molar refractivity (Wildman–Crippen MR) is 252 cm³/mol. The molecule has 1 amide bonds. The lowest BCUT2D eigenvalue weighted by atomic mass is 9.33. The molecule has 1 aromatic heterocycles. The largest absolute Gasteiger partial charge is 0.459 e. The average Bonchev–Trinajstić information content (AvgIpc) is 3.77. The van der Waals surface area contributed by atoms with Crippen molar-refractivity contribution in [3.05, 3.63) is 52.8 Å². The highest BCUT2D eigenvalue weighted by Gasteiger charge is 2.70. The second kappa shape index (κ2) is 18.5. The molecular weight excluding hydrogens is 908 g/mol. The van der Waals surface area contributed by atoms with Gasteiger partial charge in [-0.15, -0.1) is 5.10 Å². The van der Waals surface area contributed by atoms with Crippen molar-refractivity contribution in [3.8, 4) is 5.69 Å². The summed E-state index contributed by atoms with van der Waals surface area (Å²) >= 11 is 6.11. The van der Waals surface area contributed by atoms with Gasteiger partial charge in [0.25, 0.3) is 0 Å². The van der Waals surface area contributed by atoms with Gasteiger partial charge < -0.3 is 54.5 Å². The van der Waals surface area contributed by atoms with Crippen molar-refractivity contribution in [2.45, 2.75) is 188 Å². The summed E-state index contributed by atoms with van der Waals surface area (Å²) in [6, 6.07) is 6.26. The highest BCUT2D eigenvalue weighted by atomic mass is 35.5. The molecule has 0 radical (unpaired) electrons. The number of esters is 1. The van der Waals surface area contributed by atoms with Crippen molar-refractivity contribution in [1.82, 2.24) is 20.3 Å². The maximum Gasteiger partial charge on any atom is 0.313 e. The van der Waals surface area contributed by atoms with Crippen LogP contribution >= 0.6 is 11.6 Å². The first kappa shape index (κ1) is 50.9. The van der Waals surface area contributed by atoms with E-state index in [4.69, 9.17) is 35.3 Å². The Morgan fingerprint density at radius 1 is 0.870 bits per heavy atom. The second-order valence-electron chi connectivity index (χ2n) is 23.9. The van der Waals surface area contributed by atoms with Gasteiger partial charge in [-0.05, 0) is 133 Å². The zero-order chi connectivity index (χ0) is 49.6. The fraction of sp³-hybridized carbons (Fsp3) is 0.769. The molecule has 5 aliphatic carbocycles. The van der Waals surface area contributed by atoms with Gasteiger partial charge >= 0.3 is 5.97 Å². The Hall–Kier alpha value is -3.03. The van der Waals surface area contributed by atoms with E-state index in [1.54, 1.807) is 23.0 Å². The molecule has 0 bridgehead atoms. The molecule has 3 heterocycles. The van der Waals surface area contributed by atoms with Crippen molar-refractivity contribution >= 4 is 23.5 Å². The highest BCUT2D eigenvalue weighted by Crippen LogP contribution is 2.76. The van der Waals surface area contributed by atoms with Crippen LogP contribution in [0.5, 0.6) is 0 Å². The molecule has 382 valence electrons. The van der Waals surface area contributed by atoms with Crippen LogP contribution in [-0.2, 0) is 39.9 Å². The number of rotatable bonds is 10. The van der Waals surface area contributed by atoms with E-state index in [9.17, 15) is 35.1 Å². The molecule has 17 heteroatoms. The summed E-state index contributed by atoms with van der Waals surface area (Å²) in [6.07, 6.45) is 1.96. The molecule has 9 rings (SSSR count). The molecule has 2 aromatic rings. The number of fused-ring (bicyclic) bond motifs is 7. The van der Waals surface area contributed by atoms with Crippen LogP contribution < -0.4 is 5.32 Å². The molecule has 1 aromatic carbocycles. The van der Waals surface area contributed by atoms with Crippen molar-refractivity contribution in [2.75, 3.05) is 13.2 Å². The van der Waals surface area contributed by atoms with Crippen molar-refractivity contribution in [2.24, 2.45) is 50.2 Å². The van der Waals surface area contributed by atoms with Gasteiger partial charge in [-0.25, -0.2) is 4.68 Å². The van der Waals surface area contributed by atoms with Crippen LogP contribution in [0.4, 0.5) is 0 Å². The molecule has 6 fully saturated rings. The van der Waals surface area contributed by atoms with E-state index in [0.29, 0.717) is 23.1 Å². The summed E-state index contributed by atoms with van der Waals surface area (Å²) in [4.78, 5) is 27.2. The Labute approximate surface area is 410 Å². The number of amides is 1. The van der Waals surface area contributed by atoms with Gasteiger partial charge in [0.2, 0.25) is 5.91 Å². The maximum atomic E-state index is 14.7. The first-order valence-electron chi connectivity index (χ1n) is 25.2. The lowest BCUT2D eigenvalue weighted by molar-refractivity contribution is -0.322. The second-order valence-corrected chi connectivity index (χ2v) is 24.3. The Bertz CT molecular complexity index is 2260. The standard InChI is InChI=1S/C52H75ClN4O12/c1-28(58)54-39-42(62)41(61)35(27-66-45-43(63)40(60)34(59)26-65-45)68-44(39)69-38-16-17-49(6)36(48(38,4)5)15-18-51(8)37(49)14-13-32-33-23-47(2,3)19-21-52(33,22-20-50(32,51)7)46(64)67-25-30-24-57(56-55-30)31-11-9-29(53)10-12-31/h9-13,24,33-45,59-63H,14-23,25-27H2,1-8H3,(H,54,58)/t33-,34-,35+,36-,37+,38-,39+,40-,41+,42+,43-,44-,45-,49-,50+,51+,52-/m0/s1. The van der Waals surface area contributed by atoms with E-state index in [0.717, 1.165) is 63.5 Å². The first-order valence-corrected chi connectivity index (χ1v) is 25.6. The van der Waals surface area contributed by atoms with Crippen molar-refractivity contribution in [3.63, 3.8) is 0 Å². The van der Waals surface area contributed by atoms with Gasteiger partial charge in [-0.3, -0.25) is 9.59 Å². The van der Waals surface area contributed by atoms with Crippen LogP contribution in [0.2, 0.25) is 5.02 Å². The van der Waals surface area contributed by atoms with Gasteiger partial charge in [-0.1, -0.05) is 76.9 Å². The third-order valence-corrected chi connectivity index (χ3v) is 19.5.